The maximum absolute atomic E-state index is 11.4. The first-order valence-electron chi connectivity index (χ1n) is 4.43. The number of carbonyl (C=O) groups excluding carboxylic acids is 1. The summed E-state index contributed by atoms with van der Waals surface area (Å²) in [5.74, 6) is -0.690. The van der Waals surface area contributed by atoms with Crippen molar-refractivity contribution in [3.05, 3.63) is 38.9 Å². The highest BCUT2D eigenvalue weighted by molar-refractivity contribution is 9.08. The Morgan fingerprint density at radius 2 is 2.19 bits per heavy atom. The monoisotopic (exact) mass is 287 g/mol. The summed E-state index contributed by atoms with van der Waals surface area (Å²) in [6.07, 6.45) is 0. The number of hydrogen-bond donors (Lipinski definition) is 0. The third-order valence-corrected chi connectivity index (χ3v) is 2.76. The third kappa shape index (κ3) is 2.38. The zero-order valence-electron chi connectivity index (χ0n) is 8.82. The van der Waals surface area contributed by atoms with E-state index in [-0.39, 0.29) is 11.3 Å². The maximum atomic E-state index is 11.4. The van der Waals surface area contributed by atoms with Gasteiger partial charge in [-0.3, -0.25) is 10.1 Å². The molecular weight excluding hydrogens is 278 g/mol. The van der Waals surface area contributed by atoms with Gasteiger partial charge in [-0.2, -0.15) is 0 Å². The predicted octanol–water partition coefficient (Wildman–Crippen LogP) is 2.58. The maximum Gasteiger partial charge on any atom is 0.345 e. The summed E-state index contributed by atoms with van der Waals surface area (Å²) in [4.78, 5) is 21.7. The van der Waals surface area contributed by atoms with E-state index in [2.05, 4.69) is 20.7 Å². The lowest BCUT2D eigenvalue weighted by Gasteiger charge is -2.06. The molecule has 0 fully saturated rings. The van der Waals surface area contributed by atoms with Gasteiger partial charge in [0.1, 0.15) is 5.56 Å². The Balaban J connectivity index is 3.45. The molecule has 0 aromatic heterocycles. The van der Waals surface area contributed by atoms with Gasteiger partial charge >= 0.3 is 5.97 Å². The minimum absolute atomic E-state index is 0.0113. The van der Waals surface area contributed by atoms with Gasteiger partial charge in [0.25, 0.3) is 5.69 Å². The molecule has 0 amide bonds. The van der Waals surface area contributed by atoms with E-state index in [9.17, 15) is 14.9 Å². The largest absolute Gasteiger partial charge is 0.465 e. The SMILES string of the molecule is COC(=O)c1c(C)cc(CBr)cc1[N+](=O)[O-]. The highest BCUT2D eigenvalue weighted by Gasteiger charge is 2.24. The van der Waals surface area contributed by atoms with Crippen molar-refractivity contribution in [3.63, 3.8) is 0 Å². The molecule has 0 spiro atoms. The number of carbonyl (C=O) groups is 1. The molecule has 0 atom stereocenters. The molecule has 0 aliphatic carbocycles. The first-order chi connectivity index (χ1) is 7.51. The van der Waals surface area contributed by atoms with E-state index in [1.165, 1.54) is 13.2 Å². The van der Waals surface area contributed by atoms with Crippen molar-refractivity contribution in [2.24, 2.45) is 0 Å². The highest BCUT2D eigenvalue weighted by atomic mass is 79.9. The zero-order valence-corrected chi connectivity index (χ0v) is 10.4. The fourth-order valence-corrected chi connectivity index (χ4v) is 1.75. The van der Waals surface area contributed by atoms with Crippen LogP contribution < -0.4 is 0 Å². The second-order valence-electron chi connectivity index (χ2n) is 3.19. The number of rotatable bonds is 3. The lowest BCUT2D eigenvalue weighted by Crippen LogP contribution is -2.08. The summed E-state index contributed by atoms with van der Waals surface area (Å²) in [5, 5.41) is 11.3. The molecule has 0 bridgehead atoms. The molecule has 0 saturated carbocycles. The van der Waals surface area contributed by atoms with Gasteiger partial charge in [0.15, 0.2) is 0 Å². The molecule has 0 radical (unpaired) electrons. The Labute approximate surface area is 101 Å². The summed E-state index contributed by atoms with van der Waals surface area (Å²) in [6, 6.07) is 3.09. The van der Waals surface area contributed by atoms with E-state index in [4.69, 9.17) is 0 Å². The number of methoxy groups -OCH3 is 1. The first kappa shape index (κ1) is 12.6. The molecule has 0 unspecified atom stereocenters. The standard InChI is InChI=1S/C10H10BrNO4/c1-6-3-7(5-11)4-8(12(14)15)9(6)10(13)16-2/h3-4H,5H2,1-2H3. The van der Waals surface area contributed by atoms with Crippen molar-refractivity contribution in [3.8, 4) is 0 Å². The predicted molar refractivity (Wildman–Crippen MR) is 61.8 cm³/mol. The van der Waals surface area contributed by atoms with Gasteiger partial charge in [0.2, 0.25) is 0 Å². The van der Waals surface area contributed by atoms with Crippen LogP contribution in [0.2, 0.25) is 0 Å². The Morgan fingerprint density at radius 3 is 2.62 bits per heavy atom. The van der Waals surface area contributed by atoms with E-state index >= 15 is 0 Å². The molecule has 86 valence electrons. The van der Waals surface area contributed by atoms with Crippen molar-refractivity contribution in [2.45, 2.75) is 12.3 Å². The Morgan fingerprint density at radius 1 is 1.56 bits per heavy atom. The van der Waals surface area contributed by atoms with Crippen LogP contribution in [0, 0.1) is 17.0 Å². The van der Waals surface area contributed by atoms with E-state index in [1.54, 1.807) is 13.0 Å². The lowest BCUT2D eigenvalue weighted by molar-refractivity contribution is -0.385. The van der Waals surface area contributed by atoms with Crippen molar-refractivity contribution in [1.82, 2.24) is 0 Å². The average molecular weight is 288 g/mol. The lowest BCUT2D eigenvalue weighted by atomic mass is 10.0. The van der Waals surface area contributed by atoms with Crippen LogP contribution in [-0.2, 0) is 10.1 Å². The number of nitro groups is 1. The first-order valence-corrected chi connectivity index (χ1v) is 5.55. The van der Waals surface area contributed by atoms with Gasteiger partial charge in [0, 0.05) is 11.4 Å². The van der Waals surface area contributed by atoms with Gasteiger partial charge in [-0.1, -0.05) is 22.0 Å². The number of alkyl halides is 1. The van der Waals surface area contributed by atoms with Crippen LogP contribution >= 0.6 is 15.9 Å². The van der Waals surface area contributed by atoms with Crippen LogP contribution in [0.3, 0.4) is 0 Å². The minimum Gasteiger partial charge on any atom is -0.465 e. The molecule has 0 aliphatic heterocycles. The zero-order chi connectivity index (χ0) is 12.3. The van der Waals surface area contributed by atoms with Crippen LogP contribution in [0.15, 0.2) is 12.1 Å². The number of ether oxygens (including phenoxy) is 1. The molecule has 5 nitrogen and oxygen atoms in total. The second-order valence-corrected chi connectivity index (χ2v) is 3.75. The van der Waals surface area contributed by atoms with E-state index in [0.29, 0.717) is 10.9 Å². The van der Waals surface area contributed by atoms with Crippen molar-refractivity contribution in [2.75, 3.05) is 7.11 Å². The van der Waals surface area contributed by atoms with E-state index in [1.807, 2.05) is 0 Å². The molecule has 1 aromatic rings. The van der Waals surface area contributed by atoms with Gasteiger partial charge < -0.3 is 4.74 Å². The number of halogens is 1. The number of hydrogen-bond acceptors (Lipinski definition) is 4. The summed E-state index contributed by atoms with van der Waals surface area (Å²) in [6.45, 7) is 1.64. The molecule has 0 N–H and O–H groups in total. The van der Waals surface area contributed by atoms with Crippen LogP contribution in [-0.4, -0.2) is 18.0 Å². The number of esters is 1. The number of nitrogens with zero attached hydrogens (tertiary/aromatic N) is 1. The van der Waals surface area contributed by atoms with Gasteiger partial charge in [-0.05, 0) is 18.1 Å². The number of aryl methyl sites for hydroxylation is 1. The topological polar surface area (TPSA) is 69.4 Å². The quantitative estimate of drug-likeness (QED) is 0.371. The normalized spacial score (nSPS) is 9.94. The summed E-state index contributed by atoms with van der Waals surface area (Å²) >= 11 is 3.21. The van der Waals surface area contributed by atoms with Crippen LogP contribution in [0.5, 0.6) is 0 Å². The van der Waals surface area contributed by atoms with Crippen molar-refractivity contribution >= 4 is 27.6 Å². The summed E-state index contributed by atoms with van der Waals surface area (Å²) in [5.41, 5.74) is 1.07. The Hall–Kier alpha value is -1.43. The number of benzene rings is 1. The Bertz CT molecular complexity index is 445. The molecule has 6 heteroatoms. The van der Waals surface area contributed by atoms with Crippen LogP contribution in [0.1, 0.15) is 21.5 Å². The fraction of sp³-hybridized carbons (Fsp3) is 0.300. The third-order valence-electron chi connectivity index (χ3n) is 2.12. The molecule has 1 aromatic carbocycles. The van der Waals surface area contributed by atoms with E-state index in [0.717, 1.165) is 5.56 Å². The van der Waals surface area contributed by atoms with Crippen LogP contribution in [0.4, 0.5) is 5.69 Å². The molecule has 0 heterocycles. The molecule has 0 saturated heterocycles. The average Bonchev–Trinajstić information content (AvgIpc) is 2.26. The molecular formula is C10H10BrNO4. The number of nitro benzene ring substituents is 1. The smallest absolute Gasteiger partial charge is 0.345 e. The van der Waals surface area contributed by atoms with Crippen molar-refractivity contribution < 1.29 is 14.5 Å². The fourth-order valence-electron chi connectivity index (χ4n) is 1.43. The van der Waals surface area contributed by atoms with Crippen LogP contribution in [0.25, 0.3) is 0 Å². The van der Waals surface area contributed by atoms with Gasteiger partial charge in [0.05, 0.1) is 12.0 Å². The van der Waals surface area contributed by atoms with Gasteiger partial charge in [-0.25, -0.2) is 4.79 Å². The molecule has 16 heavy (non-hydrogen) atoms. The van der Waals surface area contributed by atoms with E-state index < -0.39 is 10.9 Å². The highest BCUT2D eigenvalue weighted by Crippen LogP contribution is 2.26. The second kappa shape index (κ2) is 5.07. The Kier molecular flexibility index (Phi) is 4.00. The molecule has 1 rings (SSSR count). The minimum atomic E-state index is -0.690. The summed E-state index contributed by atoms with van der Waals surface area (Å²) in [7, 11) is 1.20. The summed E-state index contributed by atoms with van der Waals surface area (Å²) < 4.78 is 4.53. The van der Waals surface area contributed by atoms with Gasteiger partial charge in [-0.15, -0.1) is 0 Å². The molecule has 0 aliphatic rings. The van der Waals surface area contributed by atoms with Crippen molar-refractivity contribution in [1.29, 1.82) is 0 Å².